The quantitative estimate of drug-likeness (QED) is 0.624. The van der Waals surface area contributed by atoms with Crippen LogP contribution in [-0.2, 0) is 4.74 Å². The minimum Gasteiger partial charge on any atom is -0.447 e. The van der Waals surface area contributed by atoms with Gasteiger partial charge in [-0.1, -0.05) is 6.07 Å². The van der Waals surface area contributed by atoms with Gasteiger partial charge in [-0.15, -0.1) is 0 Å². The van der Waals surface area contributed by atoms with Crippen LogP contribution in [0.25, 0.3) is 5.69 Å². The van der Waals surface area contributed by atoms with E-state index in [0.29, 0.717) is 17.1 Å². The SMILES string of the molecule is Cc1cnn(-c2ccc(C(C)Nc3nccc(N4C(=O)OC[C@@H]4[C@@H](C)O)n3)cc2F)c1. The number of carbonyl (C=O) groups excluding carboxylic acids is 1. The number of nitrogens with one attached hydrogen (secondary N) is 1. The predicted molar refractivity (Wildman–Crippen MR) is 112 cm³/mol. The van der Waals surface area contributed by atoms with Gasteiger partial charge in [-0.05, 0) is 50.1 Å². The van der Waals surface area contributed by atoms with Crippen molar-refractivity contribution >= 4 is 17.9 Å². The standard InChI is InChI=1S/C21H23FN6O3/c1-12-9-24-27(10-12)17-5-4-15(8-16(17)22)13(2)25-20-23-7-6-19(26-20)28-18(14(3)29)11-31-21(28)30/h4-10,13-14,18,29H,11H2,1-3H3,(H,23,25,26)/t13?,14-,18-/m1/s1. The summed E-state index contributed by atoms with van der Waals surface area (Å²) in [5.41, 5.74) is 2.00. The topological polar surface area (TPSA) is 105 Å². The first-order valence-corrected chi connectivity index (χ1v) is 9.88. The van der Waals surface area contributed by atoms with E-state index in [1.54, 1.807) is 37.5 Å². The van der Waals surface area contributed by atoms with Crippen molar-refractivity contribution in [2.45, 2.75) is 39.0 Å². The van der Waals surface area contributed by atoms with Gasteiger partial charge in [-0.25, -0.2) is 18.9 Å². The monoisotopic (exact) mass is 426 g/mol. The van der Waals surface area contributed by atoms with Crippen LogP contribution in [0.15, 0.2) is 42.9 Å². The number of cyclic esters (lactones) is 1. The van der Waals surface area contributed by atoms with E-state index >= 15 is 0 Å². The van der Waals surface area contributed by atoms with Crippen LogP contribution < -0.4 is 10.2 Å². The molecule has 1 saturated heterocycles. The third kappa shape index (κ3) is 4.19. The van der Waals surface area contributed by atoms with Crippen molar-refractivity contribution in [1.82, 2.24) is 19.7 Å². The highest BCUT2D eigenvalue weighted by Crippen LogP contribution is 2.26. The molecule has 1 unspecified atom stereocenters. The molecule has 4 rings (SSSR count). The van der Waals surface area contributed by atoms with E-state index in [1.165, 1.54) is 21.8 Å². The molecule has 10 heteroatoms. The predicted octanol–water partition coefficient (Wildman–Crippen LogP) is 2.99. The summed E-state index contributed by atoms with van der Waals surface area (Å²) >= 11 is 0. The number of halogens is 1. The molecular weight excluding hydrogens is 403 g/mol. The van der Waals surface area contributed by atoms with Crippen molar-refractivity contribution in [3.05, 3.63) is 59.8 Å². The summed E-state index contributed by atoms with van der Waals surface area (Å²) in [5.74, 6) is 0.179. The Balaban J connectivity index is 1.53. The summed E-state index contributed by atoms with van der Waals surface area (Å²) in [6.07, 6.45) is 3.57. The highest BCUT2D eigenvalue weighted by Gasteiger charge is 2.38. The fourth-order valence-electron chi connectivity index (χ4n) is 3.41. The maximum Gasteiger partial charge on any atom is 0.416 e. The molecule has 0 aliphatic carbocycles. The van der Waals surface area contributed by atoms with Crippen molar-refractivity contribution in [2.24, 2.45) is 0 Å². The lowest BCUT2D eigenvalue weighted by atomic mass is 10.1. The summed E-state index contributed by atoms with van der Waals surface area (Å²) in [4.78, 5) is 22.0. The molecule has 31 heavy (non-hydrogen) atoms. The number of carbonyl (C=O) groups is 1. The lowest BCUT2D eigenvalue weighted by Crippen LogP contribution is -2.41. The average Bonchev–Trinajstić information content (AvgIpc) is 3.33. The first-order valence-electron chi connectivity index (χ1n) is 9.88. The Hall–Kier alpha value is -3.53. The smallest absolute Gasteiger partial charge is 0.416 e. The van der Waals surface area contributed by atoms with Crippen LogP contribution in [0.5, 0.6) is 0 Å². The number of aryl methyl sites for hydroxylation is 1. The molecule has 1 amide bonds. The summed E-state index contributed by atoms with van der Waals surface area (Å²) < 4.78 is 21.2. The molecule has 2 aromatic heterocycles. The van der Waals surface area contributed by atoms with Crippen LogP contribution in [0.1, 0.15) is 31.0 Å². The van der Waals surface area contributed by atoms with Crippen LogP contribution >= 0.6 is 0 Å². The summed E-state index contributed by atoms with van der Waals surface area (Å²) in [5, 5.41) is 17.2. The molecule has 0 spiro atoms. The van der Waals surface area contributed by atoms with Crippen molar-refractivity contribution in [2.75, 3.05) is 16.8 Å². The summed E-state index contributed by atoms with van der Waals surface area (Å²) in [6, 6.07) is 5.64. The number of aliphatic hydroxyl groups is 1. The number of amides is 1. The van der Waals surface area contributed by atoms with E-state index in [4.69, 9.17) is 4.74 Å². The summed E-state index contributed by atoms with van der Waals surface area (Å²) in [6.45, 7) is 5.41. The Kier molecular flexibility index (Phi) is 5.55. The minimum atomic E-state index is -0.781. The summed E-state index contributed by atoms with van der Waals surface area (Å²) in [7, 11) is 0. The third-order valence-electron chi connectivity index (χ3n) is 5.13. The van der Waals surface area contributed by atoms with Crippen molar-refractivity contribution in [3.8, 4) is 5.69 Å². The lowest BCUT2D eigenvalue weighted by Gasteiger charge is -2.23. The Morgan fingerprint density at radius 1 is 1.32 bits per heavy atom. The van der Waals surface area contributed by atoms with E-state index in [2.05, 4.69) is 20.4 Å². The second-order valence-electron chi connectivity index (χ2n) is 7.53. The van der Waals surface area contributed by atoms with Crippen LogP contribution in [0.2, 0.25) is 0 Å². The Morgan fingerprint density at radius 2 is 2.13 bits per heavy atom. The molecule has 1 aliphatic rings. The normalized spacial score (nSPS) is 18.0. The van der Waals surface area contributed by atoms with Gasteiger partial charge in [0.15, 0.2) is 0 Å². The first kappa shape index (κ1) is 20.7. The molecule has 1 fully saturated rings. The van der Waals surface area contributed by atoms with Gasteiger partial charge in [0.2, 0.25) is 5.95 Å². The van der Waals surface area contributed by atoms with Crippen LogP contribution in [0.4, 0.5) is 21.0 Å². The highest BCUT2D eigenvalue weighted by atomic mass is 19.1. The number of rotatable bonds is 6. The molecule has 0 saturated carbocycles. The van der Waals surface area contributed by atoms with Gasteiger partial charge in [-0.3, -0.25) is 4.90 Å². The van der Waals surface area contributed by atoms with Crippen LogP contribution in [0.3, 0.4) is 0 Å². The molecule has 2 N–H and O–H groups in total. The van der Waals surface area contributed by atoms with Gasteiger partial charge < -0.3 is 15.2 Å². The Labute approximate surface area is 178 Å². The van der Waals surface area contributed by atoms with Gasteiger partial charge >= 0.3 is 6.09 Å². The Bertz CT molecular complexity index is 1100. The molecule has 0 radical (unpaired) electrons. The van der Waals surface area contributed by atoms with Crippen molar-refractivity contribution in [3.63, 3.8) is 0 Å². The molecule has 0 bridgehead atoms. The molecular formula is C21H23FN6O3. The molecule has 1 aliphatic heterocycles. The largest absolute Gasteiger partial charge is 0.447 e. The van der Waals surface area contributed by atoms with Crippen molar-refractivity contribution in [1.29, 1.82) is 0 Å². The zero-order valence-corrected chi connectivity index (χ0v) is 17.4. The number of nitrogens with zero attached hydrogens (tertiary/aromatic N) is 5. The molecule has 3 atom stereocenters. The maximum absolute atomic E-state index is 14.7. The number of benzene rings is 1. The molecule has 162 valence electrons. The van der Waals surface area contributed by atoms with Crippen LogP contribution in [-0.4, -0.2) is 49.7 Å². The number of hydrogen-bond donors (Lipinski definition) is 2. The number of anilines is 2. The van der Waals surface area contributed by atoms with E-state index in [0.717, 1.165) is 5.56 Å². The fraction of sp³-hybridized carbons (Fsp3) is 0.333. The zero-order valence-electron chi connectivity index (χ0n) is 17.4. The zero-order chi connectivity index (χ0) is 22.1. The molecule has 3 heterocycles. The Morgan fingerprint density at radius 3 is 2.81 bits per heavy atom. The fourth-order valence-corrected chi connectivity index (χ4v) is 3.41. The van der Waals surface area contributed by atoms with Crippen LogP contribution in [0, 0.1) is 12.7 Å². The van der Waals surface area contributed by atoms with E-state index in [1.807, 2.05) is 13.8 Å². The second-order valence-corrected chi connectivity index (χ2v) is 7.53. The van der Waals surface area contributed by atoms with Gasteiger partial charge in [0, 0.05) is 12.4 Å². The average molecular weight is 426 g/mol. The van der Waals surface area contributed by atoms with Gasteiger partial charge in [0.1, 0.15) is 30.0 Å². The maximum atomic E-state index is 14.7. The third-order valence-corrected chi connectivity index (χ3v) is 5.13. The van der Waals surface area contributed by atoms with Gasteiger partial charge in [-0.2, -0.15) is 10.1 Å². The number of aliphatic hydroxyl groups excluding tert-OH is 1. The number of hydrogen-bond acceptors (Lipinski definition) is 7. The van der Waals surface area contributed by atoms with E-state index < -0.39 is 24.1 Å². The first-order chi connectivity index (χ1) is 14.8. The van der Waals surface area contributed by atoms with E-state index in [9.17, 15) is 14.3 Å². The number of aromatic nitrogens is 4. The minimum absolute atomic E-state index is 0.0844. The van der Waals surface area contributed by atoms with Crippen molar-refractivity contribution < 1.29 is 19.0 Å². The highest BCUT2D eigenvalue weighted by molar-refractivity contribution is 5.89. The van der Waals surface area contributed by atoms with Gasteiger partial charge in [0.25, 0.3) is 0 Å². The van der Waals surface area contributed by atoms with Gasteiger partial charge in [0.05, 0.1) is 18.3 Å². The molecule has 1 aromatic carbocycles. The lowest BCUT2D eigenvalue weighted by molar-refractivity contribution is 0.142. The van der Waals surface area contributed by atoms with E-state index in [-0.39, 0.29) is 18.6 Å². The number of ether oxygens (including phenoxy) is 1. The molecule has 9 nitrogen and oxygen atoms in total. The second kappa shape index (κ2) is 8.31. The molecule has 3 aromatic rings.